The summed E-state index contributed by atoms with van der Waals surface area (Å²) in [5, 5.41) is 21.9. The molecule has 1 aliphatic rings. The molecular weight excluding hydrogens is 597 g/mol. The molecule has 2 aromatic rings. The Labute approximate surface area is 246 Å². The summed E-state index contributed by atoms with van der Waals surface area (Å²) in [5.41, 5.74) is -3.94. The van der Waals surface area contributed by atoms with Crippen LogP contribution >= 0.6 is 0 Å². The molecule has 234 valence electrons. The molecule has 0 saturated heterocycles. The number of imidazole rings is 1. The summed E-state index contributed by atoms with van der Waals surface area (Å²) in [5.74, 6) is -1.20. The van der Waals surface area contributed by atoms with Gasteiger partial charge in [0.15, 0.2) is 11.4 Å². The van der Waals surface area contributed by atoms with Crippen LogP contribution < -0.4 is 10.1 Å². The minimum absolute atomic E-state index is 0.0590. The number of amides is 1. The molecule has 3 rings (SSSR count). The van der Waals surface area contributed by atoms with E-state index < -0.39 is 56.8 Å². The van der Waals surface area contributed by atoms with E-state index in [0.29, 0.717) is 0 Å². The number of hydrogen-bond donors (Lipinski definition) is 1. The van der Waals surface area contributed by atoms with Crippen LogP contribution in [-0.4, -0.2) is 54.7 Å². The van der Waals surface area contributed by atoms with Gasteiger partial charge in [-0.15, -0.1) is 0 Å². The number of aromatic nitrogens is 2. The van der Waals surface area contributed by atoms with Crippen molar-refractivity contribution in [3.8, 4) is 23.6 Å². The van der Waals surface area contributed by atoms with Crippen molar-refractivity contribution in [2.24, 2.45) is 10.8 Å². The third-order valence-corrected chi connectivity index (χ3v) is 9.48. The Morgan fingerprint density at radius 2 is 1.86 bits per heavy atom. The Bertz CT molecular complexity index is 1550. The minimum Gasteiger partial charge on any atom is -0.433 e. The number of sulfone groups is 1. The first-order chi connectivity index (χ1) is 19.9. The van der Waals surface area contributed by atoms with Crippen LogP contribution in [0.5, 0.6) is 5.75 Å². The second kappa shape index (κ2) is 12.5. The lowest BCUT2D eigenvalue weighted by atomic mass is 9.75. The molecule has 0 atom stereocenters. The zero-order valence-corrected chi connectivity index (χ0v) is 24.9. The van der Waals surface area contributed by atoms with Crippen LogP contribution in [0.3, 0.4) is 0 Å². The molecule has 0 radical (unpaired) electrons. The van der Waals surface area contributed by atoms with Gasteiger partial charge in [-0.1, -0.05) is 26.8 Å². The van der Waals surface area contributed by atoms with Gasteiger partial charge in [0, 0.05) is 19.2 Å². The van der Waals surface area contributed by atoms with Gasteiger partial charge < -0.3 is 10.1 Å². The van der Waals surface area contributed by atoms with Crippen LogP contribution in [0.25, 0.3) is 5.69 Å². The molecular formula is C28H32F5N5O4S. The number of aryl methyl sites for hydroxylation is 1. The van der Waals surface area contributed by atoms with E-state index in [1.54, 1.807) is 6.92 Å². The second-order valence-electron chi connectivity index (χ2n) is 11.4. The Balaban J connectivity index is 1.97. The first kappa shape index (κ1) is 33.8. The average molecular weight is 630 g/mol. The van der Waals surface area contributed by atoms with Gasteiger partial charge in [0.25, 0.3) is 5.91 Å². The molecule has 43 heavy (non-hydrogen) atoms. The number of ether oxygens (including phenoxy) is 1. The molecule has 1 aromatic carbocycles. The fraction of sp³-hybridized carbons (Fsp3) is 0.571. The number of hydrogen-bond acceptors (Lipinski definition) is 7. The van der Waals surface area contributed by atoms with Crippen molar-refractivity contribution in [1.29, 1.82) is 10.5 Å². The predicted molar refractivity (Wildman–Crippen MR) is 145 cm³/mol. The number of benzene rings is 1. The van der Waals surface area contributed by atoms with Crippen molar-refractivity contribution in [1.82, 2.24) is 14.9 Å². The summed E-state index contributed by atoms with van der Waals surface area (Å²) in [6, 6.07) is 7.60. The summed E-state index contributed by atoms with van der Waals surface area (Å²) < 4.78 is 96.8. The summed E-state index contributed by atoms with van der Waals surface area (Å²) in [6.07, 6.45) is -2.87. The maximum Gasteiger partial charge on any atom is 0.394 e. The lowest BCUT2D eigenvalue weighted by molar-refractivity contribution is -0.211. The molecule has 1 aliphatic carbocycles. The highest BCUT2D eigenvalue weighted by Gasteiger charge is 2.47. The van der Waals surface area contributed by atoms with Gasteiger partial charge in [0.2, 0.25) is 0 Å². The standard InChI is InChI=1S/C28H32F5N5O4S/c1-5-22-37-23(24(39)36-16-27(15-35)10-8-18(9-11-27)43(4,40)41)20(14-34)38(22)19-7-6-17(12-21(19)42-25(29)30)13-26(2,3)28(31,32)33/h6-7,12,18,25H,5,8-11,13,16H2,1-4H3,(H,36,39)/t18-,27-. The molecule has 1 aromatic heterocycles. The monoisotopic (exact) mass is 629 g/mol. The molecule has 9 nitrogen and oxygen atoms in total. The van der Waals surface area contributed by atoms with E-state index in [-0.39, 0.29) is 67.1 Å². The molecule has 0 unspecified atom stereocenters. The molecule has 15 heteroatoms. The van der Waals surface area contributed by atoms with E-state index in [1.165, 1.54) is 12.1 Å². The van der Waals surface area contributed by atoms with Crippen LogP contribution in [0.1, 0.15) is 74.0 Å². The van der Waals surface area contributed by atoms with Gasteiger partial charge in [0.05, 0.1) is 27.8 Å². The van der Waals surface area contributed by atoms with E-state index >= 15 is 0 Å². The molecule has 0 bridgehead atoms. The molecule has 1 amide bonds. The summed E-state index contributed by atoms with van der Waals surface area (Å²) in [6.45, 7) is 0.117. The van der Waals surface area contributed by atoms with Crippen LogP contribution in [-0.2, 0) is 22.7 Å². The third kappa shape index (κ3) is 7.44. The summed E-state index contributed by atoms with van der Waals surface area (Å²) >= 11 is 0. The molecule has 1 heterocycles. The number of carbonyl (C=O) groups is 1. The van der Waals surface area contributed by atoms with Crippen LogP contribution in [0.2, 0.25) is 0 Å². The maximum absolute atomic E-state index is 13.5. The van der Waals surface area contributed by atoms with Crippen LogP contribution in [0.4, 0.5) is 22.0 Å². The van der Waals surface area contributed by atoms with Crippen molar-refractivity contribution in [3.05, 3.63) is 41.0 Å². The lowest BCUT2D eigenvalue weighted by Crippen LogP contribution is -2.41. The topological polar surface area (TPSA) is 138 Å². The highest BCUT2D eigenvalue weighted by Crippen LogP contribution is 2.41. The third-order valence-electron chi connectivity index (χ3n) is 7.80. The first-order valence-corrected chi connectivity index (χ1v) is 15.4. The smallest absolute Gasteiger partial charge is 0.394 e. The van der Waals surface area contributed by atoms with Crippen molar-refractivity contribution in [2.45, 2.75) is 77.3 Å². The zero-order valence-electron chi connectivity index (χ0n) is 24.1. The van der Waals surface area contributed by atoms with E-state index in [0.717, 1.165) is 30.7 Å². The number of alkyl halides is 5. The Hall–Kier alpha value is -3.72. The lowest BCUT2D eigenvalue weighted by Gasteiger charge is -2.34. The SMILES string of the molecule is CCc1nc(C(=O)NC[C@]2(C#N)CC[C@@H](S(C)(=O)=O)CC2)c(C#N)n1-c1ccc(CC(C)(C)C(F)(F)F)cc1OC(F)F. The molecule has 1 N–H and O–H groups in total. The highest BCUT2D eigenvalue weighted by atomic mass is 32.2. The Kier molecular flexibility index (Phi) is 9.81. The van der Waals surface area contributed by atoms with Gasteiger partial charge in [-0.05, 0) is 49.8 Å². The molecule has 0 aliphatic heterocycles. The fourth-order valence-corrected chi connectivity index (χ4v) is 6.20. The van der Waals surface area contributed by atoms with Crippen molar-refractivity contribution in [2.75, 3.05) is 12.8 Å². The highest BCUT2D eigenvalue weighted by molar-refractivity contribution is 7.91. The van der Waals surface area contributed by atoms with Crippen molar-refractivity contribution < 1.29 is 39.9 Å². The number of nitrogens with zero attached hydrogens (tertiary/aromatic N) is 4. The molecule has 0 spiro atoms. The van der Waals surface area contributed by atoms with Gasteiger partial charge in [0.1, 0.15) is 27.5 Å². The molecule has 1 saturated carbocycles. The summed E-state index contributed by atoms with van der Waals surface area (Å²) in [4.78, 5) is 17.5. The maximum atomic E-state index is 13.5. The first-order valence-electron chi connectivity index (χ1n) is 13.4. The largest absolute Gasteiger partial charge is 0.433 e. The Morgan fingerprint density at radius 1 is 1.23 bits per heavy atom. The van der Waals surface area contributed by atoms with Gasteiger partial charge >= 0.3 is 12.8 Å². The average Bonchev–Trinajstić information content (AvgIpc) is 3.29. The number of halogens is 5. The van der Waals surface area contributed by atoms with Crippen LogP contribution in [0, 0.1) is 33.5 Å². The van der Waals surface area contributed by atoms with E-state index in [1.807, 2.05) is 6.07 Å². The predicted octanol–water partition coefficient (Wildman–Crippen LogP) is 5.27. The number of nitrogens with one attached hydrogen (secondary N) is 1. The van der Waals surface area contributed by atoms with Gasteiger partial charge in [-0.3, -0.25) is 9.36 Å². The van der Waals surface area contributed by atoms with Crippen molar-refractivity contribution >= 4 is 15.7 Å². The van der Waals surface area contributed by atoms with Crippen molar-refractivity contribution in [3.63, 3.8) is 0 Å². The second-order valence-corrected chi connectivity index (χ2v) is 13.7. The minimum atomic E-state index is -4.57. The van der Waals surface area contributed by atoms with E-state index in [9.17, 15) is 45.7 Å². The number of nitriles is 2. The molecule has 1 fully saturated rings. The van der Waals surface area contributed by atoms with E-state index in [4.69, 9.17) is 0 Å². The van der Waals surface area contributed by atoms with E-state index in [2.05, 4.69) is 21.1 Å². The van der Waals surface area contributed by atoms with Gasteiger partial charge in [-0.2, -0.15) is 32.5 Å². The normalized spacial score (nSPS) is 19.5. The zero-order chi connectivity index (χ0) is 32.4. The number of carbonyl (C=O) groups excluding carboxylic acids is 1. The number of rotatable bonds is 10. The Morgan fingerprint density at radius 3 is 2.35 bits per heavy atom. The fourth-order valence-electron chi connectivity index (χ4n) is 5.11. The van der Waals surface area contributed by atoms with Gasteiger partial charge in [-0.25, -0.2) is 13.4 Å². The quantitative estimate of drug-likeness (QED) is 0.354. The van der Waals surface area contributed by atoms with Crippen LogP contribution in [0.15, 0.2) is 18.2 Å². The summed E-state index contributed by atoms with van der Waals surface area (Å²) in [7, 11) is -3.28.